The Labute approximate surface area is 178 Å². The summed E-state index contributed by atoms with van der Waals surface area (Å²) in [6.45, 7) is 3.91. The van der Waals surface area contributed by atoms with Gasteiger partial charge in [-0.3, -0.25) is 14.2 Å². The molecule has 1 N–H and O–H groups in total. The molecule has 8 heteroatoms. The summed E-state index contributed by atoms with van der Waals surface area (Å²) in [5.41, 5.74) is 4.26. The van der Waals surface area contributed by atoms with Crippen molar-refractivity contribution in [3.63, 3.8) is 0 Å². The van der Waals surface area contributed by atoms with E-state index in [9.17, 15) is 9.59 Å². The highest BCUT2D eigenvalue weighted by atomic mass is 32.1. The van der Waals surface area contributed by atoms with E-state index in [0.29, 0.717) is 17.1 Å². The summed E-state index contributed by atoms with van der Waals surface area (Å²) in [5, 5.41) is 4.68. The van der Waals surface area contributed by atoms with Crippen molar-refractivity contribution in [3.8, 4) is 5.75 Å². The van der Waals surface area contributed by atoms with Crippen LogP contribution >= 0.6 is 11.3 Å². The van der Waals surface area contributed by atoms with E-state index in [1.807, 2.05) is 24.3 Å². The Morgan fingerprint density at radius 1 is 1.47 bits per heavy atom. The number of aryl methyl sites for hydroxylation is 1. The molecule has 1 aliphatic carbocycles. The van der Waals surface area contributed by atoms with E-state index in [1.165, 1.54) is 22.0 Å². The lowest BCUT2D eigenvalue weighted by atomic mass is 9.89. The smallest absolute Gasteiger partial charge is 0.263 e. The first-order valence-electron chi connectivity index (χ1n) is 9.96. The van der Waals surface area contributed by atoms with Crippen LogP contribution in [0.4, 0.5) is 0 Å². The fourth-order valence-corrected chi connectivity index (χ4v) is 5.07. The number of amides is 1. The van der Waals surface area contributed by atoms with Gasteiger partial charge in [0, 0.05) is 4.88 Å². The Kier molecular flexibility index (Phi) is 5.67. The van der Waals surface area contributed by atoms with Crippen LogP contribution in [0.25, 0.3) is 10.2 Å². The standard InChI is InChI=1S/C22H24N4O3S/c1-13-7-8-17-18(9-13)30-21-19(17)22(28)26(12-23-21)14(2)20(27)25-24-11-15-5-4-6-16(10-15)29-3/h4-6,10-14H,7-9H2,1-3H3,(H,25,27)/t13-,14-/m0/s1. The normalized spacial score (nSPS) is 17.1. The second kappa shape index (κ2) is 8.39. The van der Waals surface area contributed by atoms with E-state index in [1.54, 1.807) is 25.4 Å². The molecule has 1 aromatic carbocycles. The molecule has 1 amide bonds. The number of rotatable bonds is 5. The van der Waals surface area contributed by atoms with Gasteiger partial charge < -0.3 is 4.74 Å². The number of carbonyl (C=O) groups excluding carboxylic acids is 1. The van der Waals surface area contributed by atoms with Gasteiger partial charge in [-0.25, -0.2) is 10.4 Å². The van der Waals surface area contributed by atoms with Gasteiger partial charge in [0.05, 0.1) is 25.0 Å². The first-order valence-corrected chi connectivity index (χ1v) is 10.8. The van der Waals surface area contributed by atoms with Gasteiger partial charge in [0.1, 0.15) is 16.6 Å². The second-order valence-corrected chi connectivity index (χ2v) is 8.76. The summed E-state index contributed by atoms with van der Waals surface area (Å²) >= 11 is 1.60. The van der Waals surface area contributed by atoms with Crippen LogP contribution in [0.1, 0.15) is 42.3 Å². The molecule has 0 radical (unpaired) electrons. The number of thiophene rings is 1. The zero-order valence-corrected chi connectivity index (χ0v) is 18.0. The summed E-state index contributed by atoms with van der Waals surface area (Å²) in [4.78, 5) is 32.2. The molecule has 2 aromatic heterocycles. The fourth-order valence-electron chi connectivity index (χ4n) is 3.73. The van der Waals surface area contributed by atoms with Crippen LogP contribution in [0, 0.1) is 5.92 Å². The molecule has 0 fully saturated rings. The molecule has 4 rings (SSSR count). The Bertz CT molecular complexity index is 1180. The zero-order valence-electron chi connectivity index (χ0n) is 17.2. The Morgan fingerprint density at radius 3 is 3.10 bits per heavy atom. The highest BCUT2D eigenvalue weighted by Crippen LogP contribution is 2.35. The molecule has 0 aliphatic heterocycles. The van der Waals surface area contributed by atoms with Crippen molar-refractivity contribution in [2.24, 2.45) is 11.0 Å². The topological polar surface area (TPSA) is 85.6 Å². The van der Waals surface area contributed by atoms with Gasteiger partial charge in [0.25, 0.3) is 11.5 Å². The van der Waals surface area contributed by atoms with Crippen molar-refractivity contribution in [2.45, 2.75) is 39.2 Å². The van der Waals surface area contributed by atoms with Crippen LogP contribution in [0.5, 0.6) is 5.75 Å². The average molecular weight is 425 g/mol. The van der Waals surface area contributed by atoms with Crippen molar-refractivity contribution >= 4 is 33.7 Å². The molecule has 2 heterocycles. The van der Waals surface area contributed by atoms with Gasteiger partial charge >= 0.3 is 0 Å². The molecule has 0 spiro atoms. The van der Waals surface area contributed by atoms with Crippen LogP contribution in [-0.2, 0) is 17.6 Å². The minimum Gasteiger partial charge on any atom is -0.497 e. The molecule has 7 nitrogen and oxygen atoms in total. The monoisotopic (exact) mass is 424 g/mol. The summed E-state index contributed by atoms with van der Waals surface area (Å²) in [6, 6.07) is 6.60. The van der Waals surface area contributed by atoms with Gasteiger partial charge in [0.2, 0.25) is 0 Å². The minimum absolute atomic E-state index is 0.161. The van der Waals surface area contributed by atoms with Crippen LogP contribution in [-0.4, -0.2) is 28.8 Å². The number of benzene rings is 1. The predicted octanol–water partition coefficient (Wildman–Crippen LogP) is 3.30. The largest absolute Gasteiger partial charge is 0.497 e. The summed E-state index contributed by atoms with van der Waals surface area (Å²) in [5.74, 6) is 0.952. The third kappa shape index (κ3) is 3.87. The fraction of sp³-hybridized carbons (Fsp3) is 0.364. The summed E-state index contributed by atoms with van der Waals surface area (Å²) in [6.07, 6.45) is 5.95. The molecule has 3 aromatic rings. The first-order chi connectivity index (χ1) is 14.5. The van der Waals surface area contributed by atoms with E-state index in [-0.39, 0.29) is 11.5 Å². The lowest BCUT2D eigenvalue weighted by Crippen LogP contribution is -2.34. The number of ether oxygens (including phenoxy) is 1. The van der Waals surface area contributed by atoms with Crippen molar-refractivity contribution < 1.29 is 9.53 Å². The van der Waals surface area contributed by atoms with Gasteiger partial charge in [-0.05, 0) is 55.4 Å². The van der Waals surface area contributed by atoms with Crippen molar-refractivity contribution in [1.29, 1.82) is 0 Å². The van der Waals surface area contributed by atoms with Gasteiger partial charge in [-0.2, -0.15) is 5.10 Å². The van der Waals surface area contributed by atoms with Crippen molar-refractivity contribution in [3.05, 3.63) is 57.0 Å². The summed E-state index contributed by atoms with van der Waals surface area (Å²) in [7, 11) is 1.59. The maximum absolute atomic E-state index is 13.2. The number of nitrogens with one attached hydrogen (secondary N) is 1. The van der Waals surface area contributed by atoms with Crippen LogP contribution < -0.4 is 15.7 Å². The van der Waals surface area contributed by atoms with Gasteiger partial charge in [-0.15, -0.1) is 11.3 Å². The lowest BCUT2D eigenvalue weighted by Gasteiger charge is -2.18. The van der Waals surface area contributed by atoms with Gasteiger partial charge in [0.15, 0.2) is 0 Å². The van der Waals surface area contributed by atoms with Crippen molar-refractivity contribution in [2.75, 3.05) is 7.11 Å². The lowest BCUT2D eigenvalue weighted by molar-refractivity contribution is -0.123. The molecular formula is C22H24N4O3S. The van der Waals surface area contributed by atoms with E-state index in [4.69, 9.17) is 4.74 Å². The van der Waals surface area contributed by atoms with Crippen molar-refractivity contribution in [1.82, 2.24) is 15.0 Å². The molecule has 0 saturated carbocycles. The first kappa shape index (κ1) is 20.3. The van der Waals surface area contributed by atoms with Crippen LogP contribution in [0.3, 0.4) is 0 Å². The number of carbonyl (C=O) groups is 1. The second-order valence-electron chi connectivity index (χ2n) is 7.68. The molecule has 156 valence electrons. The SMILES string of the molecule is COc1cccc(C=NNC(=O)[C@H](C)n2cnc3sc4c(c3c2=O)CC[C@H](C)C4)c1. The molecule has 0 saturated heterocycles. The molecular weight excluding hydrogens is 400 g/mol. The molecule has 30 heavy (non-hydrogen) atoms. The van der Waals surface area contributed by atoms with E-state index in [0.717, 1.165) is 35.2 Å². The number of aromatic nitrogens is 2. The highest BCUT2D eigenvalue weighted by molar-refractivity contribution is 7.18. The van der Waals surface area contributed by atoms with Crippen LogP contribution in [0.2, 0.25) is 0 Å². The Morgan fingerprint density at radius 2 is 2.30 bits per heavy atom. The molecule has 0 unspecified atom stereocenters. The number of nitrogens with zero attached hydrogens (tertiary/aromatic N) is 3. The number of hydrogen-bond donors (Lipinski definition) is 1. The minimum atomic E-state index is -0.727. The van der Waals surface area contributed by atoms with E-state index in [2.05, 4.69) is 22.4 Å². The number of hydrogen-bond acceptors (Lipinski definition) is 6. The predicted molar refractivity (Wildman–Crippen MR) is 119 cm³/mol. The molecule has 2 atom stereocenters. The van der Waals surface area contributed by atoms with E-state index < -0.39 is 6.04 Å². The zero-order chi connectivity index (χ0) is 21.3. The van der Waals surface area contributed by atoms with E-state index >= 15 is 0 Å². The average Bonchev–Trinajstić information content (AvgIpc) is 3.11. The quantitative estimate of drug-likeness (QED) is 0.503. The Hall–Kier alpha value is -3.00. The third-order valence-electron chi connectivity index (χ3n) is 5.52. The Balaban J connectivity index is 1.54. The number of methoxy groups -OCH3 is 1. The molecule has 0 bridgehead atoms. The summed E-state index contributed by atoms with van der Waals surface area (Å²) < 4.78 is 6.56. The maximum atomic E-state index is 13.2. The number of fused-ring (bicyclic) bond motifs is 3. The van der Waals surface area contributed by atoms with Crippen LogP contribution in [0.15, 0.2) is 40.5 Å². The number of hydrazone groups is 1. The third-order valence-corrected chi connectivity index (χ3v) is 6.68. The highest BCUT2D eigenvalue weighted by Gasteiger charge is 2.25. The maximum Gasteiger partial charge on any atom is 0.263 e. The van der Waals surface area contributed by atoms with Gasteiger partial charge in [-0.1, -0.05) is 19.1 Å². The molecule has 1 aliphatic rings.